The Morgan fingerprint density at radius 2 is 0.714 bits per heavy atom. The van der Waals surface area contributed by atoms with E-state index in [0.29, 0.717) is 11.1 Å². The average Bonchev–Trinajstić information content (AvgIpc) is 3.67. The fraction of sp³-hybridized carbons (Fsp3) is 0. The van der Waals surface area contributed by atoms with Crippen molar-refractivity contribution in [2.24, 2.45) is 0 Å². The molecule has 0 bridgehead atoms. The minimum Gasteiger partial charge on any atom is -0.192 e. The molecule has 162 valence electrons. The zero-order valence-electron chi connectivity index (χ0n) is 18.2. The highest BCUT2D eigenvalue weighted by molar-refractivity contribution is 7.26. The van der Waals surface area contributed by atoms with Crippen LogP contribution in [0.1, 0.15) is 32.0 Å². The van der Waals surface area contributed by atoms with E-state index >= 15 is 0 Å². The van der Waals surface area contributed by atoms with Gasteiger partial charge in [-0.05, 0) is 84.9 Å². The van der Waals surface area contributed by atoms with Gasteiger partial charge in [0.25, 0.3) is 0 Å². The summed E-state index contributed by atoms with van der Waals surface area (Å²) in [5, 5.41) is 17.8. The van der Waals surface area contributed by atoms with Gasteiger partial charge in [0, 0.05) is 30.6 Å². The number of rotatable bonds is 2. The maximum absolute atomic E-state index is 8.91. The summed E-state index contributed by atoms with van der Waals surface area (Å²) in [7, 11) is 0. The van der Waals surface area contributed by atoms with Crippen molar-refractivity contribution in [3.8, 4) is 55.3 Å². The molecule has 3 heterocycles. The number of nitrogens with zero attached hydrogens (tertiary/aromatic N) is 2. The molecule has 2 aromatic carbocycles. The molecule has 2 nitrogen and oxygen atoms in total. The number of thiophene rings is 3. The van der Waals surface area contributed by atoms with Crippen molar-refractivity contribution in [2.75, 3.05) is 0 Å². The monoisotopic (exact) mass is 498 g/mol. The van der Waals surface area contributed by atoms with Crippen LogP contribution in [0.15, 0.2) is 84.9 Å². The van der Waals surface area contributed by atoms with Gasteiger partial charge in [-0.1, -0.05) is 23.7 Å². The third kappa shape index (κ3) is 5.42. The fourth-order valence-electron chi connectivity index (χ4n) is 3.20. The molecule has 0 aliphatic carbocycles. The van der Waals surface area contributed by atoms with Crippen LogP contribution in [0.2, 0.25) is 0 Å². The SMILES string of the molecule is N#Cc1ccc(C#Cc2ccc(-c3ccc(-c4ccc(C#Cc5ccc(C#N)cc5)s4)s3)s2)cc1. The van der Waals surface area contributed by atoms with Gasteiger partial charge >= 0.3 is 0 Å². The van der Waals surface area contributed by atoms with E-state index in [2.05, 4.69) is 72.2 Å². The van der Waals surface area contributed by atoms with Crippen molar-refractivity contribution in [1.29, 1.82) is 10.5 Å². The lowest BCUT2D eigenvalue weighted by atomic mass is 10.1. The van der Waals surface area contributed by atoms with Crippen LogP contribution < -0.4 is 0 Å². The van der Waals surface area contributed by atoms with Crippen molar-refractivity contribution in [2.45, 2.75) is 0 Å². The molecule has 0 saturated carbocycles. The van der Waals surface area contributed by atoms with Gasteiger partial charge in [-0.3, -0.25) is 0 Å². The van der Waals surface area contributed by atoms with Crippen LogP contribution in [-0.4, -0.2) is 0 Å². The predicted octanol–water partition coefficient (Wildman–Crippen LogP) is 7.75. The topological polar surface area (TPSA) is 47.6 Å². The van der Waals surface area contributed by atoms with Crippen molar-refractivity contribution in [1.82, 2.24) is 0 Å². The summed E-state index contributed by atoms with van der Waals surface area (Å²) in [5.74, 6) is 12.8. The molecule has 5 heteroatoms. The first-order chi connectivity index (χ1) is 17.2. The zero-order chi connectivity index (χ0) is 24.0. The van der Waals surface area contributed by atoms with Gasteiger partial charge in [-0.25, -0.2) is 0 Å². The average molecular weight is 499 g/mol. The second kappa shape index (κ2) is 10.3. The lowest BCUT2D eigenvalue weighted by Gasteiger charge is -1.91. The van der Waals surface area contributed by atoms with Gasteiger partial charge in [0.2, 0.25) is 0 Å². The van der Waals surface area contributed by atoms with E-state index < -0.39 is 0 Å². The molecule has 0 atom stereocenters. The molecule has 0 radical (unpaired) electrons. The maximum atomic E-state index is 8.91. The first kappa shape index (κ1) is 22.4. The zero-order valence-corrected chi connectivity index (χ0v) is 20.7. The quantitative estimate of drug-likeness (QED) is 0.234. The highest BCUT2D eigenvalue weighted by atomic mass is 32.1. The van der Waals surface area contributed by atoms with E-state index in [-0.39, 0.29) is 0 Å². The van der Waals surface area contributed by atoms with E-state index in [0.717, 1.165) is 20.9 Å². The summed E-state index contributed by atoms with van der Waals surface area (Å²) < 4.78 is 0. The molecular weight excluding hydrogens is 485 g/mol. The molecule has 0 amide bonds. The molecule has 0 unspecified atom stereocenters. The number of hydrogen-bond donors (Lipinski definition) is 0. The Labute approximate surface area is 216 Å². The van der Waals surface area contributed by atoms with E-state index in [1.54, 1.807) is 58.3 Å². The first-order valence-electron chi connectivity index (χ1n) is 10.5. The van der Waals surface area contributed by atoms with Crippen LogP contribution in [0.4, 0.5) is 0 Å². The highest BCUT2D eigenvalue weighted by Crippen LogP contribution is 2.39. The maximum Gasteiger partial charge on any atom is 0.0991 e. The Morgan fingerprint density at radius 1 is 0.371 bits per heavy atom. The van der Waals surface area contributed by atoms with E-state index in [4.69, 9.17) is 10.5 Å². The largest absolute Gasteiger partial charge is 0.192 e. The second-order valence-electron chi connectivity index (χ2n) is 7.37. The number of nitriles is 2. The summed E-state index contributed by atoms with van der Waals surface area (Å²) in [5.41, 5.74) is 3.07. The second-order valence-corrected chi connectivity index (χ2v) is 10.6. The Bertz CT molecular complexity index is 1580. The standard InChI is InChI=1S/C30H14N2S3/c31-19-23-5-1-21(2-6-23)9-11-25-13-15-27(33-25)29-17-18-30(35-29)28-16-14-26(34-28)12-10-22-3-7-24(20-32)8-4-22/h1-8,13-18H. The lowest BCUT2D eigenvalue weighted by Crippen LogP contribution is -1.76. The van der Waals surface area contributed by atoms with Crippen molar-refractivity contribution in [3.05, 3.63) is 117 Å². The fourth-order valence-corrected chi connectivity index (χ4v) is 6.11. The van der Waals surface area contributed by atoms with Crippen LogP contribution in [0.25, 0.3) is 19.5 Å². The van der Waals surface area contributed by atoms with E-state index in [9.17, 15) is 0 Å². The molecule has 3 aromatic heterocycles. The summed E-state index contributed by atoms with van der Waals surface area (Å²) in [6.45, 7) is 0. The minimum atomic E-state index is 0.638. The number of hydrogen-bond acceptors (Lipinski definition) is 5. The normalized spacial score (nSPS) is 9.77. The van der Waals surface area contributed by atoms with E-state index in [1.165, 1.54) is 19.5 Å². The molecule has 35 heavy (non-hydrogen) atoms. The Morgan fingerprint density at radius 3 is 1.11 bits per heavy atom. The summed E-state index contributed by atoms with van der Waals surface area (Å²) in [4.78, 5) is 6.85. The summed E-state index contributed by atoms with van der Waals surface area (Å²) in [6, 6.07) is 31.5. The molecule has 0 N–H and O–H groups in total. The Kier molecular flexibility index (Phi) is 6.59. The Hall–Kier alpha value is -4.36. The molecule has 0 spiro atoms. The van der Waals surface area contributed by atoms with Gasteiger partial charge in [0.15, 0.2) is 0 Å². The molecule has 0 aliphatic rings. The third-order valence-corrected chi connectivity index (χ3v) is 8.47. The van der Waals surface area contributed by atoms with Crippen LogP contribution in [0, 0.1) is 46.3 Å². The van der Waals surface area contributed by atoms with Crippen molar-refractivity contribution in [3.63, 3.8) is 0 Å². The molecule has 5 aromatic rings. The smallest absolute Gasteiger partial charge is 0.0991 e. The van der Waals surface area contributed by atoms with Crippen LogP contribution in [0.3, 0.4) is 0 Å². The number of benzene rings is 2. The predicted molar refractivity (Wildman–Crippen MR) is 145 cm³/mol. The first-order valence-corrected chi connectivity index (χ1v) is 13.0. The molecule has 0 fully saturated rings. The third-order valence-electron chi connectivity index (χ3n) is 4.99. The van der Waals surface area contributed by atoms with Crippen LogP contribution in [-0.2, 0) is 0 Å². The molecule has 0 saturated heterocycles. The van der Waals surface area contributed by atoms with Gasteiger partial charge in [-0.15, -0.1) is 34.0 Å². The van der Waals surface area contributed by atoms with E-state index in [1.807, 2.05) is 24.3 Å². The minimum absolute atomic E-state index is 0.638. The van der Waals surface area contributed by atoms with Gasteiger partial charge in [0.05, 0.1) is 33.0 Å². The highest BCUT2D eigenvalue weighted by Gasteiger charge is 2.09. The molecule has 0 aliphatic heterocycles. The summed E-state index contributed by atoms with van der Waals surface area (Å²) >= 11 is 5.13. The molecular formula is C30H14N2S3. The van der Waals surface area contributed by atoms with Crippen molar-refractivity contribution < 1.29 is 0 Å². The Balaban J connectivity index is 1.29. The van der Waals surface area contributed by atoms with Gasteiger partial charge in [0.1, 0.15) is 0 Å². The van der Waals surface area contributed by atoms with Crippen LogP contribution >= 0.6 is 34.0 Å². The van der Waals surface area contributed by atoms with Crippen LogP contribution in [0.5, 0.6) is 0 Å². The molecule has 5 rings (SSSR count). The lowest BCUT2D eigenvalue weighted by molar-refractivity contribution is 1.48. The van der Waals surface area contributed by atoms with Gasteiger partial charge in [-0.2, -0.15) is 10.5 Å². The van der Waals surface area contributed by atoms with Gasteiger partial charge < -0.3 is 0 Å². The van der Waals surface area contributed by atoms with Crippen molar-refractivity contribution >= 4 is 34.0 Å². The summed E-state index contributed by atoms with van der Waals surface area (Å²) in [6.07, 6.45) is 0.